The summed E-state index contributed by atoms with van der Waals surface area (Å²) < 4.78 is 0. The van der Waals surface area contributed by atoms with Gasteiger partial charge in [-0.05, 0) is 153 Å². The lowest BCUT2D eigenvalue weighted by Gasteiger charge is -2.12. The minimum absolute atomic E-state index is 0. The van der Waals surface area contributed by atoms with Crippen molar-refractivity contribution in [2.75, 3.05) is 5.73 Å². The van der Waals surface area contributed by atoms with Crippen molar-refractivity contribution in [1.82, 2.24) is 24.9 Å². The highest BCUT2D eigenvalue weighted by molar-refractivity contribution is 5.94. The van der Waals surface area contributed by atoms with Crippen molar-refractivity contribution < 1.29 is 20.4 Å². The summed E-state index contributed by atoms with van der Waals surface area (Å²) in [6.07, 6.45) is 12.5. The Morgan fingerprint density at radius 2 is 0.797 bits per heavy atom. The number of nitrogens with two attached hydrogens (primary N) is 1. The molecule has 5 heterocycles. The average molecular weight is 1070 g/mol. The van der Waals surface area contributed by atoms with E-state index in [1.807, 2.05) is 213 Å². The molecule has 0 fully saturated rings. The van der Waals surface area contributed by atoms with E-state index in [1.165, 1.54) is 5.56 Å². The lowest BCUT2D eigenvalue weighted by atomic mass is 9.98. The number of anilines is 1. The topological polar surface area (TPSA) is 171 Å². The van der Waals surface area contributed by atoms with Gasteiger partial charge in [0.1, 0.15) is 0 Å². The first-order valence-electron chi connectivity index (χ1n) is 27.7. The molecule has 0 amide bonds. The lowest BCUT2D eigenvalue weighted by molar-refractivity contribution is 0.199. The SMILES string of the molecule is C.CC.CC.CC.CC.CC.Cc1ccc2ccncc2c1C(C)O.Cc1ccc2cnccc2c1C(C)O.Cc1ccc2ncccc2c1C(C)O.Cc1cccc2cncc(N)c12.Cc1cnc2ccccc2c1C(C)O. The van der Waals surface area contributed by atoms with Gasteiger partial charge in [0.25, 0.3) is 0 Å². The molecule has 0 aliphatic heterocycles. The van der Waals surface area contributed by atoms with Gasteiger partial charge in [-0.25, -0.2) is 0 Å². The minimum atomic E-state index is -0.442. The monoisotopic (exact) mass is 1070 g/mol. The molecule has 0 saturated carbocycles. The third-order valence-corrected chi connectivity index (χ3v) is 11.9. The molecular formula is C69H96N6O4. The fraction of sp³-hybridized carbons (Fsp3) is 0.348. The van der Waals surface area contributed by atoms with Gasteiger partial charge in [-0.15, -0.1) is 0 Å². The number of hydrogen-bond donors (Lipinski definition) is 5. The van der Waals surface area contributed by atoms with Crippen molar-refractivity contribution in [3.63, 3.8) is 0 Å². The summed E-state index contributed by atoms with van der Waals surface area (Å²) in [6.45, 7) is 37.2. The molecule has 0 saturated heterocycles. The second-order valence-corrected chi connectivity index (χ2v) is 17.1. The number of pyridine rings is 5. The number of benzene rings is 5. The normalized spacial score (nSPS) is 11.2. The molecule has 79 heavy (non-hydrogen) atoms. The fourth-order valence-corrected chi connectivity index (χ4v) is 8.81. The third kappa shape index (κ3) is 20.2. The number of nitrogen functional groups attached to an aromatic ring is 1. The summed E-state index contributed by atoms with van der Waals surface area (Å²) in [4.78, 5) is 20.7. The lowest BCUT2D eigenvalue weighted by Crippen LogP contribution is -1.97. The van der Waals surface area contributed by atoms with Gasteiger partial charge >= 0.3 is 0 Å². The van der Waals surface area contributed by atoms with E-state index in [9.17, 15) is 20.4 Å². The molecule has 0 spiro atoms. The van der Waals surface area contributed by atoms with Crippen LogP contribution < -0.4 is 5.73 Å². The zero-order chi connectivity index (χ0) is 59.1. The van der Waals surface area contributed by atoms with Gasteiger partial charge in [-0.1, -0.05) is 149 Å². The molecule has 0 aliphatic rings. The Morgan fingerprint density at radius 1 is 0.342 bits per heavy atom. The molecular weight excluding hydrogens is 977 g/mol. The molecule has 0 radical (unpaired) electrons. The highest BCUT2D eigenvalue weighted by Crippen LogP contribution is 2.30. The van der Waals surface area contributed by atoms with Crippen molar-refractivity contribution in [2.45, 2.75) is 163 Å². The Bertz CT molecular complexity index is 2900. The van der Waals surface area contributed by atoms with E-state index in [0.717, 1.165) is 104 Å². The Morgan fingerprint density at radius 3 is 1.37 bits per heavy atom. The summed E-state index contributed by atoms with van der Waals surface area (Å²) in [5, 5.41) is 47.4. The first kappa shape index (κ1) is 71.8. The summed E-state index contributed by atoms with van der Waals surface area (Å²) >= 11 is 0. The Labute approximate surface area is 475 Å². The molecule has 0 aliphatic carbocycles. The van der Waals surface area contributed by atoms with Gasteiger partial charge in [0.05, 0.1) is 47.3 Å². The van der Waals surface area contributed by atoms with Crippen molar-refractivity contribution in [3.05, 3.63) is 203 Å². The summed E-state index contributed by atoms with van der Waals surface area (Å²) in [6, 6.07) is 33.9. The maximum atomic E-state index is 9.68. The predicted molar refractivity (Wildman–Crippen MR) is 343 cm³/mol. The molecule has 4 atom stereocenters. The number of aliphatic hydroxyl groups excluding tert-OH is 4. The van der Waals surface area contributed by atoms with E-state index in [2.05, 4.69) is 44.0 Å². The molecule has 5 aromatic carbocycles. The second kappa shape index (κ2) is 38.4. The van der Waals surface area contributed by atoms with Gasteiger partial charge in [0, 0.05) is 75.7 Å². The molecule has 10 aromatic rings. The Hall–Kier alpha value is -7.21. The van der Waals surface area contributed by atoms with Crippen LogP contribution in [0.15, 0.2) is 153 Å². The average Bonchev–Trinajstić information content (AvgIpc) is 3.46. The molecule has 10 rings (SSSR count). The van der Waals surface area contributed by atoms with Crippen LogP contribution in [-0.2, 0) is 0 Å². The van der Waals surface area contributed by atoms with Crippen molar-refractivity contribution >= 4 is 59.8 Å². The van der Waals surface area contributed by atoms with Crippen LogP contribution in [0.3, 0.4) is 0 Å². The molecule has 5 aromatic heterocycles. The maximum Gasteiger partial charge on any atom is 0.0771 e. The van der Waals surface area contributed by atoms with Crippen LogP contribution in [0, 0.1) is 34.6 Å². The van der Waals surface area contributed by atoms with E-state index in [0.29, 0.717) is 0 Å². The Kier molecular flexibility index (Phi) is 34.9. The number of aryl methyl sites for hydroxylation is 5. The standard InChI is InChI=1S/4C12H13NO.C10H10N2.5C2H6.CH4/c1-8-3-4-10-7-13-6-5-11(10)12(8)9(2)14;1-8-3-4-10-5-6-13-7-11(10)12(8)9(2)14;1-8-5-6-11-10(4-3-7-13-11)12(8)9(2)14;1-8-7-13-11-6-4-3-5-10(11)12(8)9(2)14;1-7-3-2-4-8-5-12-6-9(11)10(7)8;5*1-2;/h4*3-7,9,14H,1-2H3;2-6H,11H2,1H3;5*1-2H3;1H4. The number of para-hydroxylation sites is 1. The van der Waals surface area contributed by atoms with Crippen LogP contribution in [0.4, 0.5) is 5.69 Å². The van der Waals surface area contributed by atoms with Crippen LogP contribution in [0.1, 0.15) is 179 Å². The minimum Gasteiger partial charge on any atom is -0.397 e. The van der Waals surface area contributed by atoms with Crippen molar-refractivity contribution in [2.24, 2.45) is 0 Å². The molecule has 0 bridgehead atoms. The smallest absolute Gasteiger partial charge is 0.0771 e. The van der Waals surface area contributed by atoms with E-state index < -0.39 is 24.4 Å². The van der Waals surface area contributed by atoms with Crippen LogP contribution >= 0.6 is 0 Å². The molecule has 6 N–H and O–H groups in total. The first-order chi connectivity index (χ1) is 37.6. The van der Waals surface area contributed by atoms with Crippen LogP contribution in [0.2, 0.25) is 0 Å². The second-order valence-electron chi connectivity index (χ2n) is 17.1. The third-order valence-electron chi connectivity index (χ3n) is 11.9. The predicted octanol–water partition coefficient (Wildman–Crippen LogP) is 18.3. The molecule has 10 heteroatoms. The van der Waals surface area contributed by atoms with Crippen LogP contribution in [-0.4, -0.2) is 45.3 Å². The molecule has 4 unspecified atom stereocenters. The first-order valence-corrected chi connectivity index (χ1v) is 27.7. The highest BCUT2D eigenvalue weighted by atomic mass is 16.3. The summed E-state index contributed by atoms with van der Waals surface area (Å²) in [5.41, 5.74) is 18.0. The number of aliphatic hydroxyl groups is 4. The van der Waals surface area contributed by atoms with E-state index >= 15 is 0 Å². The number of fused-ring (bicyclic) bond motifs is 5. The zero-order valence-corrected chi connectivity index (χ0v) is 50.3. The Balaban J connectivity index is 0.000000922. The van der Waals surface area contributed by atoms with E-state index in [1.54, 1.807) is 52.5 Å². The quantitative estimate of drug-likeness (QED) is 0.114. The summed E-state index contributed by atoms with van der Waals surface area (Å²) in [5.74, 6) is 0. The van der Waals surface area contributed by atoms with Crippen molar-refractivity contribution in [3.8, 4) is 0 Å². The zero-order valence-electron chi connectivity index (χ0n) is 50.3. The van der Waals surface area contributed by atoms with Gasteiger partial charge in [0.2, 0.25) is 0 Å². The van der Waals surface area contributed by atoms with Crippen molar-refractivity contribution in [1.29, 1.82) is 0 Å². The van der Waals surface area contributed by atoms with Gasteiger partial charge in [0.15, 0.2) is 0 Å². The highest BCUT2D eigenvalue weighted by Gasteiger charge is 2.13. The summed E-state index contributed by atoms with van der Waals surface area (Å²) in [7, 11) is 0. The van der Waals surface area contributed by atoms with E-state index in [-0.39, 0.29) is 7.43 Å². The van der Waals surface area contributed by atoms with Crippen LogP contribution in [0.25, 0.3) is 54.1 Å². The number of hydrogen-bond acceptors (Lipinski definition) is 10. The van der Waals surface area contributed by atoms with Gasteiger partial charge in [-0.3, -0.25) is 24.9 Å². The molecule has 426 valence electrons. The number of nitrogens with zero attached hydrogens (tertiary/aromatic N) is 5. The maximum absolute atomic E-state index is 9.68. The van der Waals surface area contributed by atoms with Gasteiger partial charge in [-0.2, -0.15) is 0 Å². The largest absolute Gasteiger partial charge is 0.397 e. The number of aromatic nitrogens is 5. The van der Waals surface area contributed by atoms with Gasteiger partial charge < -0.3 is 26.2 Å². The number of rotatable bonds is 4. The van der Waals surface area contributed by atoms with E-state index in [4.69, 9.17) is 5.73 Å². The molecule has 10 nitrogen and oxygen atoms in total. The van der Waals surface area contributed by atoms with Crippen LogP contribution in [0.5, 0.6) is 0 Å². The fourth-order valence-electron chi connectivity index (χ4n) is 8.81.